The summed E-state index contributed by atoms with van der Waals surface area (Å²) >= 11 is 0. The molecule has 3 heterocycles. The highest BCUT2D eigenvalue weighted by atomic mass is 16.2. The average molecular weight is 350 g/mol. The van der Waals surface area contributed by atoms with E-state index in [0.29, 0.717) is 11.5 Å². The first kappa shape index (κ1) is 16.5. The molecule has 2 aromatic heterocycles. The number of para-hydroxylation sites is 1. The number of nitrogens with zero attached hydrogens (tertiary/aromatic N) is 5. The lowest BCUT2D eigenvalue weighted by Gasteiger charge is -2.32. The first-order valence-electron chi connectivity index (χ1n) is 9.03. The highest BCUT2D eigenvalue weighted by molar-refractivity contribution is 5.97. The number of aromatic amines is 1. The fraction of sp³-hybridized carbons (Fsp3) is 0.368. The Bertz CT molecular complexity index is 877. The highest BCUT2D eigenvalue weighted by Gasteiger charge is 2.27. The zero-order chi connectivity index (χ0) is 17.9. The Kier molecular flexibility index (Phi) is 4.51. The van der Waals surface area contributed by atoms with Crippen LogP contribution in [0.2, 0.25) is 0 Å². The summed E-state index contributed by atoms with van der Waals surface area (Å²) in [6.07, 6.45) is 7.89. The van der Waals surface area contributed by atoms with Gasteiger partial charge in [0, 0.05) is 24.7 Å². The summed E-state index contributed by atoms with van der Waals surface area (Å²) in [7, 11) is 0. The Morgan fingerprint density at radius 1 is 1.27 bits per heavy atom. The van der Waals surface area contributed by atoms with Crippen LogP contribution in [0.5, 0.6) is 0 Å². The van der Waals surface area contributed by atoms with Crippen LogP contribution in [0.3, 0.4) is 0 Å². The summed E-state index contributed by atoms with van der Waals surface area (Å²) in [5.74, 6) is 0.497. The molecule has 0 aliphatic carbocycles. The molecule has 1 fully saturated rings. The van der Waals surface area contributed by atoms with Gasteiger partial charge < -0.3 is 4.90 Å². The van der Waals surface area contributed by atoms with Crippen LogP contribution in [0.4, 0.5) is 0 Å². The van der Waals surface area contributed by atoms with Gasteiger partial charge in [-0.15, -0.1) is 0 Å². The molecule has 134 valence electrons. The van der Waals surface area contributed by atoms with E-state index in [-0.39, 0.29) is 5.91 Å². The quantitative estimate of drug-likeness (QED) is 0.784. The second-order valence-electron chi connectivity index (χ2n) is 6.59. The molecule has 7 nitrogen and oxygen atoms in total. The third kappa shape index (κ3) is 3.00. The van der Waals surface area contributed by atoms with Crippen LogP contribution in [-0.2, 0) is 6.42 Å². The van der Waals surface area contributed by atoms with Gasteiger partial charge in [0.25, 0.3) is 5.91 Å². The summed E-state index contributed by atoms with van der Waals surface area (Å²) in [4.78, 5) is 19.0. The molecule has 1 aliphatic rings. The number of rotatable bonds is 4. The summed E-state index contributed by atoms with van der Waals surface area (Å²) < 4.78 is 1.64. The molecule has 26 heavy (non-hydrogen) atoms. The van der Waals surface area contributed by atoms with E-state index in [4.69, 9.17) is 0 Å². The lowest BCUT2D eigenvalue weighted by molar-refractivity contribution is 0.0712. The van der Waals surface area contributed by atoms with Gasteiger partial charge in [0.15, 0.2) is 0 Å². The maximum absolute atomic E-state index is 13.1. The molecule has 7 heteroatoms. The Morgan fingerprint density at radius 3 is 2.81 bits per heavy atom. The number of H-pyrrole nitrogens is 1. The molecule has 3 aromatic rings. The summed E-state index contributed by atoms with van der Waals surface area (Å²) in [5, 5.41) is 11.5. The number of nitrogens with one attached hydrogen (secondary N) is 1. The van der Waals surface area contributed by atoms with Crippen molar-refractivity contribution in [3.63, 3.8) is 0 Å². The number of amides is 1. The maximum atomic E-state index is 13.1. The molecule has 0 bridgehead atoms. The number of likely N-dealkylation sites (tertiary alicyclic amines) is 1. The third-order valence-corrected chi connectivity index (χ3v) is 5.12. The van der Waals surface area contributed by atoms with E-state index in [1.807, 2.05) is 35.4 Å². The Hall–Kier alpha value is -2.96. The van der Waals surface area contributed by atoms with Crippen molar-refractivity contribution in [3.05, 3.63) is 59.9 Å². The number of benzene rings is 1. The smallest absolute Gasteiger partial charge is 0.256 e. The largest absolute Gasteiger partial charge is 0.339 e. The predicted molar refractivity (Wildman–Crippen MR) is 97.2 cm³/mol. The Morgan fingerprint density at radius 2 is 2.08 bits per heavy atom. The van der Waals surface area contributed by atoms with Crippen LogP contribution in [0.15, 0.2) is 43.1 Å². The second kappa shape index (κ2) is 7.11. The minimum Gasteiger partial charge on any atom is -0.339 e. The van der Waals surface area contributed by atoms with Crippen LogP contribution in [0.25, 0.3) is 5.69 Å². The lowest BCUT2D eigenvalue weighted by Crippen LogP contribution is -2.38. The van der Waals surface area contributed by atoms with Crippen LogP contribution in [0.1, 0.15) is 47.3 Å². The minimum absolute atomic E-state index is 0.0508. The second-order valence-corrected chi connectivity index (χ2v) is 6.59. The van der Waals surface area contributed by atoms with E-state index in [0.717, 1.165) is 38.0 Å². The van der Waals surface area contributed by atoms with E-state index >= 15 is 0 Å². The molecule has 1 amide bonds. The van der Waals surface area contributed by atoms with Crippen LogP contribution in [0, 0.1) is 0 Å². The first-order valence-corrected chi connectivity index (χ1v) is 9.03. The monoisotopic (exact) mass is 350 g/mol. The highest BCUT2D eigenvalue weighted by Crippen LogP contribution is 2.30. The summed E-state index contributed by atoms with van der Waals surface area (Å²) in [5.41, 5.74) is 3.94. The number of carbonyl (C=O) groups is 1. The predicted octanol–water partition coefficient (Wildman–Crippen LogP) is 2.57. The lowest BCUT2D eigenvalue weighted by atomic mass is 9.90. The van der Waals surface area contributed by atoms with Gasteiger partial charge in [-0.05, 0) is 37.0 Å². The Labute approximate surface area is 152 Å². The topological polar surface area (TPSA) is 79.7 Å². The normalized spacial score (nSPS) is 15.3. The summed E-state index contributed by atoms with van der Waals surface area (Å²) in [6.45, 7) is 3.64. The van der Waals surface area contributed by atoms with E-state index in [1.165, 1.54) is 17.6 Å². The molecule has 4 rings (SSSR count). The third-order valence-electron chi connectivity index (χ3n) is 5.12. The van der Waals surface area contributed by atoms with Gasteiger partial charge >= 0.3 is 0 Å². The molecule has 0 saturated carbocycles. The van der Waals surface area contributed by atoms with Gasteiger partial charge in [-0.2, -0.15) is 10.2 Å². The van der Waals surface area contributed by atoms with Crippen LogP contribution in [-0.4, -0.2) is 48.9 Å². The number of aryl methyl sites for hydroxylation is 1. The number of piperidine rings is 1. The Balaban J connectivity index is 1.50. The molecule has 0 radical (unpaired) electrons. The minimum atomic E-state index is 0.0508. The van der Waals surface area contributed by atoms with Crippen LogP contribution < -0.4 is 0 Å². The molecule has 1 aromatic carbocycles. The van der Waals surface area contributed by atoms with Gasteiger partial charge in [-0.25, -0.2) is 9.67 Å². The number of aromatic nitrogens is 5. The molecule has 1 aliphatic heterocycles. The fourth-order valence-electron chi connectivity index (χ4n) is 3.68. The average Bonchev–Trinajstić information content (AvgIpc) is 3.39. The SMILES string of the molecule is CCc1cn[nH]c1C1CCN(C(=O)c2ccccc2-n2cncn2)CC1. The van der Waals surface area contributed by atoms with E-state index in [2.05, 4.69) is 27.2 Å². The van der Waals surface area contributed by atoms with Crippen molar-refractivity contribution in [2.45, 2.75) is 32.1 Å². The van der Waals surface area contributed by atoms with Crippen molar-refractivity contribution in [2.75, 3.05) is 13.1 Å². The maximum Gasteiger partial charge on any atom is 0.256 e. The molecule has 1 N–H and O–H groups in total. The number of carbonyl (C=O) groups excluding carboxylic acids is 1. The number of hydrogen-bond donors (Lipinski definition) is 1. The van der Waals surface area contributed by atoms with Crippen LogP contribution >= 0.6 is 0 Å². The van der Waals surface area contributed by atoms with Crippen molar-refractivity contribution in [2.24, 2.45) is 0 Å². The van der Waals surface area contributed by atoms with Crippen molar-refractivity contribution in [3.8, 4) is 5.69 Å². The van der Waals surface area contributed by atoms with Crippen molar-refractivity contribution < 1.29 is 4.79 Å². The zero-order valence-corrected chi connectivity index (χ0v) is 14.8. The van der Waals surface area contributed by atoms with Crippen molar-refractivity contribution in [1.29, 1.82) is 0 Å². The first-order chi connectivity index (χ1) is 12.8. The number of hydrogen-bond acceptors (Lipinski definition) is 4. The van der Waals surface area contributed by atoms with Gasteiger partial charge in [0.05, 0.1) is 17.4 Å². The summed E-state index contributed by atoms with van der Waals surface area (Å²) in [6, 6.07) is 7.55. The fourth-order valence-corrected chi connectivity index (χ4v) is 3.68. The molecule has 0 spiro atoms. The molecule has 0 unspecified atom stereocenters. The van der Waals surface area contributed by atoms with Gasteiger partial charge in [-0.3, -0.25) is 9.89 Å². The van der Waals surface area contributed by atoms with Gasteiger partial charge in [0.2, 0.25) is 0 Å². The zero-order valence-electron chi connectivity index (χ0n) is 14.8. The molecular weight excluding hydrogens is 328 g/mol. The van der Waals surface area contributed by atoms with E-state index in [9.17, 15) is 4.79 Å². The molecular formula is C19H22N6O. The van der Waals surface area contributed by atoms with Gasteiger partial charge in [0.1, 0.15) is 12.7 Å². The molecule has 0 atom stereocenters. The van der Waals surface area contributed by atoms with E-state index < -0.39 is 0 Å². The van der Waals surface area contributed by atoms with Gasteiger partial charge in [-0.1, -0.05) is 19.1 Å². The standard InChI is InChI=1S/C19H22N6O/c1-2-14-11-21-23-18(14)15-7-9-24(10-8-15)19(26)16-5-3-4-6-17(16)25-13-20-12-22-25/h3-6,11-13,15H,2,7-10H2,1H3,(H,21,23). The van der Waals surface area contributed by atoms with E-state index in [1.54, 1.807) is 11.0 Å². The van der Waals surface area contributed by atoms with Crippen molar-refractivity contribution >= 4 is 5.91 Å². The van der Waals surface area contributed by atoms with Crippen molar-refractivity contribution in [1.82, 2.24) is 29.9 Å². The molecule has 1 saturated heterocycles.